The second kappa shape index (κ2) is 8.65. The number of rotatable bonds is 7. The number of hydrogen-bond acceptors (Lipinski definition) is 5. The molecule has 0 aliphatic carbocycles. The highest BCUT2D eigenvalue weighted by atomic mass is 32.1. The maximum absolute atomic E-state index is 12.0. The van der Waals surface area contributed by atoms with Crippen LogP contribution >= 0.6 is 11.3 Å². The van der Waals surface area contributed by atoms with E-state index in [9.17, 15) is 4.79 Å². The molecule has 2 aromatic carbocycles. The molecule has 0 unspecified atom stereocenters. The minimum Gasteiger partial charge on any atom is -0.496 e. The Labute approximate surface area is 185 Å². The predicted molar refractivity (Wildman–Crippen MR) is 125 cm³/mol. The molecule has 0 atom stereocenters. The first-order valence-electron chi connectivity index (χ1n) is 9.87. The zero-order valence-electron chi connectivity index (χ0n) is 17.7. The maximum atomic E-state index is 12.0. The lowest BCUT2D eigenvalue weighted by atomic mass is 10.2. The number of para-hydroxylation sites is 1. The van der Waals surface area contributed by atoms with Gasteiger partial charge in [0.2, 0.25) is 0 Å². The lowest BCUT2D eigenvalue weighted by molar-refractivity contribution is 0.0999. The number of primary amides is 1. The van der Waals surface area contributed by atoms with E-state index in [1.54, 1.807) is 7.11 Å². The number of benzene rings is 2. The van der Waals surface area contributed by atoms with E-state index in [4.69, 9.17) is 15.5 Å². The van der Waals surface area contributed by atoms with Crippen molar-refractivity contribution in [2.75, 3.05) is 12.4 Å². The normalized spacial score (nSPS) is 10.8. The van der Waals surface area contributed by atoms with Crippen LogP contribution in [0.1, 0.15) is 27.2 Å². The molecule has 31 heavy (non-hydrogen) atoms. The number of hydrogen-bond donors (Lipinski definition) is 2. The van der Waals surface area contributed by atoms with Gasteiger partial charge >= 0.3 is 0 Å². The van der Waals surface area contributed by atoms with Crippen molar-refractivity contribution in [1.29, 1.82) is 0 Å². The number of carbonyl (C=O) groups excluding carboxylic acids is 1. The van der Waals surface area contributed by atoms with Gasteiger partial charge in [-0.2, -0.15) is 0 Å². The van der Waals surface area contributed by atoms with E-state index in [1.807, 2.05) is 54.8 Å². The number of thiazole rings is 1. The van der Waals surface area contributed by atoms with Gasteiger partial charge in [0.05, 0.1) is 30.6 Å². The molecule has 0 aliphatic heterocycles. The third-order valence-electron chi connectivity index (χ3n) is 5.22. The fourth-order valence-electron chi connectivity index (χ4n) is 3.52. The van der Waals surface area contributed by atoms with Crippen molar-refractivity contribution in [1.82, 2.24) is 9.55 Å². The van der Waals surface area contributed by atoms with E-state index < -0.39 is 5.91 Å². The molecular weight excluding hydrogens is 408 g/mol. The fourth-order valence-corrected chi connectivity index (χ4v) is 4.25. The van der Waals surface area contributed by atoms with E-state index in [2.05, 4.69) is 28.9 Å². The van der Waals surface area contributed by atoms with Gasteiger partial charge in [0.25, 0.3) is 5.91 Å². The molecule has 2 heterocycles. The molecule has 0 saturated heterocycles. The summed E-state index contributed by atoms with van der Waals surface area (Å²) in [6, 6.07) is 17.8. The Kier molecular flexibility index (Phi) is 5.77. The molecule has 4 aromatic rings. The number of aromatic nitrogens is 2. The SMILES string of the molecule is COc1ccccc1Cn1c(-c2csc(Nc3ccc(C)cc3)n2)cc(C(N)=O)c1C. The molecule has 158 valence electrons. The van der Waals surface area contributed by atoms with Crippen molar-refractivity contribution < 1.29 is 9.53 Å². The molecule has 2 aromatic heterocycles. The van der Waals surface area contributed by atoms with E-state index in [0.717, 1.165) is 39.2 Å². The van der Waals surface area contributed by atoms with Crippen LogP contribution in [0.5, 0.6) is 5.75 Å². The number of nitrogens with two attached hydrogens (primary N) is 1. The van der Waals surface area contributed by atoms with Gasteiger partial charge in [0.1, 0.15) is 5.75 Å². The smallest absolute Gasteiger partial charge is 0.250 e. The van der Waals surface area contributed by atoms with E-state index >= 15 is 0 Å². The summed E-state index contributed by atoms with van der Waals surface area (Å²) in [5.74, 6) is 0.341. The highest BCUT2D eigenvalue weighted by molar-refractivity contribution is 7.14. The summed E-state index contributed by atoms with van der Waals surface area (Å²) >= 11 is 1.51. The van der Waals surface area contributed by atoms with Gasteiger partial charge in [0.15, 0.2) is 5.13 Å². The molecule has 0 saturated carbocycles. The highest BCUT2D eigenvalue weighted by Crippen LogP contribution is 2.32. The standard InChI is InChI=1S/C24H24N4O2S/c1-15-8-10-18(11-9-15)26-24-27-20(14-31-24)21-12-19(23(25)29)16(2)28(21)13-17-6-4-5-7-22(17)30-3/h4-12,14H,13H2,1-3H3,(H2,25,29)(H,26,27). The molecule has 3 N–H and O–H groups in total. The van der Waals surface area contributed by atoms with Crippen molar-refractivity contribution in [2.45, 2.75) is 20.4 Å². The summed E-state index contributed by atoms with van der Waals surface area (Å²) in [5.41, 5.74) is 11.7. The van der Waals surface area contributed by atoms with Gasteiger partial charge in [-0.25, -0.2) is 4.98 Å². The molecule has 6 nitrogen and oxygen atoms in total. The lowest BCUT2D eigenvalue weighted by Gasteiger charge is -2.13. The second-order valence-corrected chi connectivity index (χ2v) is 8.18. The molecule has 0 fully saturated rings. The maximum Gasteiger partial charge on any atom is 0.250 e. The number of anilines is 2. The molecular formula is C24H24N4O2S. The number of methoxy groups -OCH3 is 1. The Hall–Kier alpha value is -3.58. The second-order valence-electron chi connectivity index (χ2n) is 7.32. The lowest BCUT2D eigenvalue weighted by Crippen LogP contribution is -2.13. The predicted octanol–water partition coefficient (Wildman–Crippen LogP) is 5.13. The Bertz CT molecular complexity index is 1220. The highest BCUT2D eigenvalue weighted by Gasteiger charge is 2.20. The molecule has 0 bridgehead atoms. The number of nitrogens with zero attached hydrogens (tertiary/aromatic N) is 2. The van der Waals surface area contributed by atoms with Gasteiger partial charge in [-0.05, 0) is 38.1 Å². The van der Waals surface area contributed by atoms with Crippen LogP contribution in [0, 0.1) is 13.8 Å². The van der Waals surface area contributed by atoms with Gasteiger partial charge in [-0.15, -0.1) is 11.3 Å². The Balaban J connectivity index is 1.71. The Morgan fingerprint density at radius 1 is 1.16 bits per heavy atom. The van der Waals surface area contributed by atoms with E-state index in [-0.39, 0.29) is 0 Å². The van der Waals surface area contributed by atoms with Crippen LogP contribution in [0.2, 0.25) is 0 Å². The number of ether oxygens (including phenoxy) is 1. The van der Waals surface area contributed by atoms with Crippen molar-refractivity contribution >= 4 is 28.1 Å². The zero-order chi connectivity index (χ0) is 22.0. The summed E-state index contributed by atoms with van der Waals surface area (Å²) in [7, 11) is 1.65. The van der Waals surface area contributed by atoms with E-state index in [1.165, 1.54) is 16.9 Å². The Morgan fingerprint density at radius 3 is 2.61 bits per heavy atom. The fraction of sp³-hybridized carbons (Fsp3) is 0.167. The number of nitrogens with one attached hydrogen (secondary N) is 1. The van der Waals surface area contributed by atoms with Crippen molar-refractivity contribution in [3.8, 4) is 17.1 Å². The van der Waals surface area contributed by atoms with Crippen LogP contribution in [0.25, 0.3) is 11.4 Å². The number of amides is 1. The topological polar surface area (TPSA) is 82.2 Å². The van der Waals surface area contributed by atoms with Gasteiger partial charge in [-0.3, -0.25) is 4.79 Å². The minimum absolute atomic E-state index is 0.453. The minimum atomic E-state index is -0.453. The largest absolute Gasteiger partial charge is 0.496 e. The van der Waals surface area contributed by atoms with Gasteiger partial charge in [-0.1, -0.05) is 35.9 Å². The van der Waals surface area contributed by atoms with Crippen molar-refractivity contribution in [3.05, 3.63) is 82.4 Å². The third-order valence-corrected chi connectivity index (χ3v) is 5.98. The van der Waals surface area contributed by atoms with E-state index in [0.29, 0.717) is 12.1 Å². The molecule has 0 aliphatic rings. The van der Waals surface area contributed by atoms with Crippen LogP contribution in [-0.4, -0.2) is 22.6 Å². The first-order chi connectivity index (χ1) is 15.0. The number of carbonyl (C=O) groups is 1. The Morgan fingerprint density at radius 2 is 1.90 bits per heavy atom. The van der Waals surface area contributed by atoms with Gasteiger partial charge in [0, 0.05) is 22.3 Å². The monoisotopic (exact) mass is 432 g/mol. The summed E-state index contributed by atoms with van der Waals surface area (Å²) in [6.07, 6.45) is 0. The average molecular weight is 433 g/mol. The molecule has 7 heteroatoms. The molecule has 4 rings (SSSR count). The molecule has 1 amide bonds. The summed E-state index contributed by atoms with van der Waals surface area (Å²) in [4.78, 5) is 16.8. The summed E-state index contributed by atoms with van der Waals surface area (Å²) < 4.78 is 7.57. The average Bonchev–Trinajstić information content (AvgIpc) is 3.35. The van der Waals surface area contributed by atoms with Crippen LogP contribution in [-0.2, 0) is 6.54 Å². The summed E-state index contributed by atoms with van der Waals surface area (Å²) in [6.45, 7) is 4.49. The molecule has 0 radical (unpaired) electrons. The number of aryl methyl sites for hydroxylation is 1. The van der Waals surface area contributed by atoms with Crippen LogP contribution in [0.3, 0.4) is 0 Å². The quantitative estimate of drug-likeness (QED) is 0.424. The third kappa shape index (κ3) is 4.32. The zero-order valence-corrected chi connectivity index (χ0v) is 18.5. The first kappa shape index (κ1) is 20.7. The van der Waals surface area contributed by atoms with Crippen LogP contribution < -0.4 is 15.8 Å². The first-order valence-corrected chi connectivity index (χ1v) is 10.8. The van der Waals surface area contributed by atoms with Crippen molar-refractivity contribution in [3.63, 3.8) is 0 Å². The van der Waals surface area contributed by atoms with Crippen LogP contribution in [0.15, 0.2) is 60.0 Å². The van der Waals surface area contributed by atoms with Gasteiger partial charge < -0.3 is 20.4 Å². The molecule has 0 spiro atoms. The summed E-state index contributed by atoms with van der Waals surface area (Å²) in [5, 5.41) is 6.10. The van der Waals surface area contributed by atoms with Crippen molar-refractivity contribution in [2.24, 2.45) is 5.73 Å². The van der Waals surface area contributed by atoms with Crippen LogP contribution in [0.4, 0.5) is 10.8 Å².